The molecule has 0 unspecified atom stereocenters. The first-order valence-electron chi connectivity index (χ1n) is 10.1. The maximum Gasteiger partial charge on any atom is 0.238 e. The molecule has 1 aliphatic rings. The Hall–Kier alpha value is -3.06. The summed E-state index contributed by atoms with van der Waals surface area (Å²) in [4.78, 5) is 27.1. The molecule has 0 aliphatic carbocycles. The molecule has 160 valence electrons. The molecule has 2 amide bonds. The van der Waals surface area contributed by atoms with E-state index >= 15 is 0 Å². The van der Waals surface area contributed by atoms with Crippen molar-refractivity contribution < 1.29 is 19.1 Å². The number of anilines is 2. The Balaban J connectivity index is 1.47. The van der Waals surface area contributed by atoms with Crippen molar-refractivity contribution in [3.8, 4) is 11.5 Å². The van der Waals surface area contributed by atoms with Gasteiger partial charge in [-0.2, -0.15) is 0 Å². The van der Waals surface area contributed by atoms with Gasteiger partial charge in [0.1, 0.15) is 11.5 Å². The molecule has 0 saturated carbocycles. The summed E-state index contributed by atoms with van der Waals surface area (Å²) in [6, 6.07) is 13.1. The fourth-order valence-corrected chi connectivity index (χ4v) is 3.62. The molecule has 1 aliphatic heterocycles. The number of ether oxygens (including phenoxy) is 2. The summed E-state index contributed by atoms with van der Waals surface area (Å²) in [5.74, 6) is 1.12. The van der Waals surface area contributed by atoms with Crippen molar-refractivity contribution in [1.82, 2.24) is 4.90 Å². The lowest BCUT2D eigenvalue weighted by Gasteiger charge is -2.30. The van der Waals surface area contributed by atoms with Crippen molar-refractivity contribution in [2.24, 2.45) is 5.92 Å². The van der Waals surface area contributed by atoms with Gasteiger partial charge in [0.2, 0.25) is 11.8 Å². The van der Waals surface area contributed by atoms with Crippen LogP contribution in [0.25, 0.3) is 0 Å². The van der Waals surface area contributed by atoms with E-state index in [9.17, 15) is 9.59 Å². The minimum atomic E-state index is -0.110. The van der Waals surface area contributed by atoms with E-state index in [2.05, 4.69) is 15.5 Å². The zero-order valence-electron chi connectivity index (χ0n) is 17.7. The Labute approximate surface area is 177 Å². The molecule has 1 fully saturated rings. The number of aryl methyl sites for hydroxylation is 1. The number of piperidine rings is 1. The predicted octanol–water partition coefficient (Wildman–Crippen LogP) is 3.30. The first kappa shape index (κ1) is 21.6. The maximum atomic E-state index is 12.5. The highest BCUT2D eigenvalue weighted by atomic mass is 16.5. The Morgan fingerprint density at radius 2 is 1.80 bits per heavy atom. The second-order valence-electron chi connectivity index (χ2n) is 7.52. The average molecular weight is 412 g/mol. The third kappa shape index (κ3) is 5.73. The number of hydrogen-bond donors (Lipinski definition) is 2. The molecule has 7 heteroatoms. The summed E-state index contributed by atoms with van der Waals surface area (Å²) >= 11 is 0. The van der Waals surface area contributed by atoms with Crippen LogP contribution in [0.4, 0.5) is 11.4 Å². The van der Waals surface area contributed by atoms with Crippen LogP contribution in [0.3, 0.4) is 0 Å². The quantitative estimate of drug-likeness (QED) is 0.731. The van der Waals surface area contributed by atoms with Gasteiger partial charge in [0.05, 0.1) is 26.5 Å². The maximum absolute atomic E-state index is 12.5. The Kier molecular flexibility index (Phi) is 7.30. The van der Waals surface area contributed by atoms with E-state index in [4.69, 9.17) is 9.47 Å². The second kappa shape index (κ2) is 10.1. The lowest BCUT2D eigenvalue weighted by Crippen LogP contribution is -2.41. The summed E-state index contributed by atoms with van der Waals surface area (Å²) in [7, 11) is 3.13. The number of carbonyl (C=O) groups excluding carboxylic acids is 2. The van der Waals surface area contributed by atoms with Crippen LogP contribution >= 0.6 is 0 Å². The van der Waals surface area contributed by atoms with E-state index in [1.807, 2.05) is 31.2 Å². The zero-order valence-corrected chi connectivity index (χ0v) is 17.7. The summed E-state index contributed by atoms with van der Waals surface area (Å²) in [6.07, 6.45) is 1.47. The van der Waals surface area contributed by atoms with Gasteiger partial charge in [-0.1, -0.05) is 12.1 Å². The monoisotopic (exact) mass is 411 g/mol. The van der Waals surface area contributed by atoms with E-state index < -0.39 is 0 Å². The third-order valence-corrected chi connectivity index (χ3v) is 5.29. The Bertz CT molecular complexity index is 892. The second-order valence-corrected chi connectivity index (χ2v) is 7.52. The standard InChI is InChI=1S/C23H29N3O4/c1-16-5-4-6-18(13-16)24-23(28)17-9-11-26(12-10-17)15-22(27)25-20-8-7-19(29-2)14-21(20)30-3/h4-8,13-14,17H,9-12,15H2,1-3H3,(H,24,28)(H,25,27). The molecule has 7 nitrogen and oxygen atoms in total. The van der Waals surface area contributed by atoms with Gasteiger partial charge in [0, 0.05) is 17.7 Å². The molecule has 0 radical (unpaired) electrons. The molecule has 0 atom stereocenters. The number of nitrogens with one attached hydrogen (secondary N) is 2. The SMILES string of the molecule is COc1ccc(NC(=O)CN2CCC(C(=O)Nc3cccc(C)c3)CC2)c(OC)c1. The van der Waals surface area contributed by atoms with Crippen molar-refractivity contribution in [2.75, 3.05) is 44.5 Å². The molecule has 2 N–H and O–H groups in total. The summed E-state index contributed by atoms with van der Waals surface area (Å²) in [5.41, 5.74) is 2.55. The fourth-order valence-electron chi connectivity index (χ4n) is 3.62. The number of methoxy groups -OCH3 is 2. The van der Waals surface area contributed by atoms with Crippen molar-refractivity contribution in [2.45, 2.75) is 19.8 Å². The van der Waals surface area contributed by atoms with Gasteiger partial charge in [0.15, 0.2) is 0 Å². The molecule has 3 rings (SSSR count). The lowest BCUT2D eigenvalue weighted by molar-refractivity contribution is -0.121. The number of benzene rings is 2. The van der Waals surface area contributed by atoms with Crippen LogP contribution in [0, 0.1) is 12.8 Å². The molecule has 1 heterocycles. The fraction of sp³-hybridized carbons (Fsp3) is 0.391. The van der Waals surface area contributed by atoms with Gasteiger partial charge in [-0.15, -0.1) is 0 Å². The van der Waals surface area contributed by atoms with E-state index in [0.717, 1.165) is 24.1 Å². The third-order valence-electron chi connectivity index (χ3n) is 5.29. The van der Waals surface area contributed by atoms with Crippen LogP contribution in [0.1, 0.15) is 18.4 Å². The van der Waals surface area contributed by atoms with Crippen molar-refractivity contribution in [3.63, 3.8) is 0 Å². The average Bonchev–Trinajstić information content (AvgIpc) is 2.74. The zero-order chi connectivity index (χ0) is 21.5. The molecule has 30 heavy (non-hydrogen) atoms. The molecule has 0 aromatic heterocycles. The topological polar surface area (TPSA) is 79.9 Å². The smallest absolute Gasteiger partial charge is 0.238 e. The molecule has 0 spiro atoms. The van der Waals surface area contributed by atoms with Gasteiger partial charge < -0.3 is 20.1 Å². The highest BCUT2D eigenvalue weighted by Gasteiger charge is 2.26. The summed E-state index contributed by atoms with van der Waals surface area (Å²) < 4.78 is 10.5. The summed E-state index contributed by atoms with van der Waals surface area (Å²) in [6.45, 7) is 3.69. The van der Waals surface area contributed by atoms with Gasteiger partial charge in [-0.25, -0.2) is 0 Å². The minimum Gasteiger partial charge on any atom is -0.497 e. The van der Waals surface area contributed by atoms with Gasteiger partial charge >= 0.3 is 0 Å². The predicted molar refractivity (Wildman–Crippen MR) is 117 cm³/mol. The lowest BCUT2D eigenvalue weighted by atomic mass is 9.95. The number of carbonyl (C=O) groups is 2. The largest absolute Gasteiger partial charge is 0.497 e. The highest BCUT2D eigenvalue weighted by molar-refractivity contribution is 5.94. The van der Waals surface area contributed by atoms with Crippen LogP contribution in [0.15, 0.2) is 42.5 Å². The van der Waals surface area contributed by atoms with Crippen molar-refractivity contribution >= 4 is 23.2 Å². The van der Waals surface area contributed by atoms with Crippen LogP contribution in [0.2, 0.25) is 0 Å². The highest BCUT2D eigenvalue weighted by Crippen LogP contribution is 2.29. The minimum absolute atomic E-state index is 0.0356. The van der Waals surface area contributed by atoms with Crippen LogP contribution < -0.4 is 20.1 Å². The number of rotatable bonds is 7. The summed E-state index contributed by atoms with van der Waals surface area (Å²) in [5, 5.41) is 5.89. The number of hydrogen-bond acceptors (Lipinski definition) is 5. The van der Waals surface area contributed by atoms with Gasteiger partial charge in [-0.05, 0) is 62.7 Å². The molecular weight excluding hydrogens is 382 g/mol. The van der Waals surface area contributed by atoms with Crippen LogP contribution in [-0.4, -0.2) is 50.6 Å². The van der Waals surface area contributed by atoms with E-state index in [1.54, 1.807) is 32.4 Å². The first-order valence-corrected chi connectivity index (χ1v) is 10.1. The Morgan fingerprint density at radius 3 is 2.47 bits per heavy atom. The van der Waals surface area contributed by atoms with E-state index in [1.165, 1.54) is 0 Å². The van der Waals surface area contributed by atoms with Gasteiger partial charge in [0.25, 0.3) is 0 Å². The number of likely N-dealkylation sites (tertiary alicyclic amines) is 1. The van der Waals surface area contributed by atoms with Crippen LogP contribution in [-0.2, 0) is 9.59 Å². The molecule has 2 aromatic rings. The van der Waals surface area contributed by atoms with Gasteiger partial charge in [-0.3, -0.25) is 14.5 Å². The van der Waals surface area contributed by atoms with Crippen molar-refractivity contribution in [1.29, 1.82) is 0 Å². The van der Waals surface area contributed by atoms with Crippen LogP contribution in [0.5, 0.6) is 11.5 Å². The van der Waals surface area contributed by atoms with E-state index in [0.29, 0.717) is 30.3 Å². The molecule has 2 aromatic carbocycles. The molecular formula is C23H29N3O4. The number of nitrogens with zero attached hydrogens (tertiary/aromatic N) is 1. The van der Waals surface area contributed by atoms with E-state index in [-0.39, 0.29) is 24.3 Å². The molecule has 1 saturated heterocycles. The first-order chi connectivity index (χ1) is 14.5. The number of amides is 2. The normalized spacial score (nSPS) is 14.8. The van der Waals surface area contributed by atoms with Crippen molar-refractivity contribution in [3.05, 3.63) is 48.0 Å². The molecule has 0 bridgehead atoms. The Morgan fingerprint density at radius 1 is 1.03 bits per heavy atom.